The summed E-state index contributed by atoms with van der Waals surface area (Å²) in [5, 5.41) is 19.0. The van der Waals surface area contributed by atoms with Crippen LogP contribution in [0, 0.1) is 0 Å². The van der Waals surface area contributed by atoms with Crippen molar-refractivity contribution in [2.75, 3.05) is 26.4 Å². The van der Waals surface area contributed by atoms with Gasteiger partial charge in [0.25, 0.3) is 0 Å². The van der Waals surface area contributed by atoms with E-state index in [1.807, 2.05) is 0 Å². The maximum Gasteiger partial charge on any atom is 0.472 e. The molecule has 0 saturated heterocycles. The summed E-state index contributed by atoms with van der Waals surface area (Å²) >= 11 is 0. The Morgan fingerprint density at radius 2 is 0.940 bits per heavy atom. The van der Waals surface area contributed by atoms with Crippen LogP contribution in [0.1, 0.15) is 136 Å². The molecule has 0 aliphatic rings. The van der Waals surface area contributed by atoms with E-state index in [0.29, 0.717) is 12.8 Å². The third kappa shape index (κ3) is 32.9. The number of unbranched alkanes of at least 4 members (excludes halogenated alkanes) is 10. The minimum atomic E-state index is -4.64. The number of phosphoric ester groups is 1. The van der Waals surface area contributed by atoms with Crippen molar-refractivity contribution in [1.29, 1.82) is 0 Å². The molecule has 0 aliphatic carbocycles. The molecule has 11 heteroatoms. The third-order valence-electron chi connectivity index (χ3n) is 7.49. The van der Waals surface area contributed by atoms with E-state index in [1.165, 1.54) is 25.7 Å². The summed E-state index contributed by atoms with van der Waals surface area (Å²) in [6.07, 6.45) is 36.4. The number of ether oxygens (including phenoxy) is 2. The summed E-state index contributed by atoms with van der Waals surface area (Å²) in [5.74, 6) is -1.06. The van der Waals surface area contributed by atoms with E-state index in [1.54, 1.807) is 0 Å². The number of carbonyl (C=O) groups excluding carboxylic acids is 2. The first-order valence-electron chi connectivity index (χ1n) is 18.7. The molecule has 50 heavy (non-hydrogen) atoms. The molecule has 0 fully saturated rings. The molecule has 0 aromatic carbocycles. The lowest BCUT2D eigenvalue weighted by Crippen LogP contribution is -2.28. The van der Waals surface area contributed by atoms with Gasteiger partial charge in [-0.15, -0.1) is 0 Å². The summed E-state index contributed by atoms with van der Waals surface area (Å²) in [6, 6.07) is 0. The van der Waals surface area contributed by atoms with E-state index in [2.05, 4.69) is 74.6 Å². The molecule has 0 saturated carbocycles. The number of hydrogen-bond donors (Lipinski definition) is 3. The molecular formula is C39H67O10P. The number of phosphoric acid groups is 1. The predicted octanol–water partition coefficient (Wildman–Crippen LogP) is 9.16. The van der Waals surface area contributed by atoms with Crippen molar-refractivity contribution in [2.24, 2.45) is 0 Å². The molecule has 0 rings (SSSR count). The van der Waals surface area contributed by atoms with Crippen LogP contribution in [0.15, 0.2) is 60.8 Å². The van der Waals surface area contributed by atoms with Crippen LogP contribution < -0.4 is 0 Å². The summed E-state index contributed by atoms with van der Waals surface area (Å²) in [5.41, 5.74) is 0. The molecule has 3 atom stereocenters. The van der Waals surface area contributed by atoms with Crippen LogP contribution in [0.3, 0.4) is 0 Å². The molecule has 0 radical (unpaired) electrons. The Morgan fingerprint density at radius 3 is 1.36 bits per heavy atom. The molecule has 3 N–H and O–H groups in total. The quantitative estimate of drug-likeness (QED) is 0.0254. The lowest BCUT2D eigenvalue weighted by atomic mass is 10.1. The van der Waals surface area contributed by atoms with Gasteiger partial charge in [-0.2, -0.15) is 0 Å². The van der Waals surface area contributed by atoms with Crippen molar-refractivity contribution in [2.45, 2.75) is 148 Å². The number of hydrogen-bond acceptors (Lipinski definition) is 9. The number of esters is 2. The Hall–Kier alpha value is -2.33. The van der Waals surface area contributed by atoms with Crippen LogP contribution in [0.2, 0.25) is 0 Å². The number of allylic oxidation sites excluding steroid dienone is 10. The first kappa shape index (κ1) is 47.7. The predicted molar refractivity (Wildman–Crippen MR) is 200 cm³/mol. The Morgan fingerprint density at radius 1 is 0.560 bits per heavy atom. The minimum absolute atomic E-state index is 0.151. The van der Waals surface area contributed by atoms with E-state index in [4.69, 9.17) is 18.5 Å². The van der Waals surface area contributed by atoms with Crippen LogP contribution in [-0.2, 0) is 32.7 Å². The number of rotatable bonds is 34. The molecular weight excluding hydrogens is 659 g/mol. The summed E-state index contributed by atoms with van der Waals surface area (Å²) in [6.45, 7) is 1.98. The topological polar surface area (TPSA) is 149 Å². The van der Waals surface area contributed by atoms with Gasteiger partial charge in [0.1, 0.15) is 12.2 Å². The van der Waals surface area contributed by atoms with Crippen molar-refractivity contribution in [3.63, 3.8) is 0 Å². The fourth-order valence-corrected chi connectivity index (χ4v) is 5.39. The molecule has 0 aromatic rings. The van der Waals surface area contributed by atoms with Gasteiger partial charge in [-0.25, -0.2) is 4.57 Å². The monoisotopic (exact) mass is 726 g/mol. The average molecular weight is 727 g/mol. The lowest BCUT2D eigenvalue weighted by molar-refractivity contribution is -0.153. The summed E-state index contributed by atoms with van der Waals surface area (Å²) < 4.78 is 32.3. The van der Waals surface area contributed by atoms with Gasteiger partial charge in [0.05, 0.1) is 26.4 Å². The Labute approximate surface area is 302 Å². The van der Waals surface area contributed by atoms with E-state index in [9.17, 15) is 29.3 Å². The average Bonchev–Trinajstić information content (AvgIpc) is 3.10. The largest absolute Gasteiger partial charge is 0.472 e. The molecule has 0 heterocycles. The Bertz CT molecular complexity index is 1020. The molecule has 0 amide bonds. The second kappa shape index (κ2) is 35.1. The fourth-order valence-electron chi connectivity index (χ4n) is 4.61. The van der Waals surface area contributed by atoms with Crippen LogP contribution >= 0.6 is 7.82 Å². The van der Waals surface area contributed by atoms with Crippen LogP contribution in [0.4, 0.5) is 0 Å². The Kier molecular flexibility index (Phi) is 33.5. The highest BCUT2D eigenvalue weighted by Gasteiger charge is 2.27. The third-order valence-corrected chi connectivity index (χ3v) is 8.45. The molecule has 0 aliphatic heterocycles. The second-order valence-corrected chi connectivity index (χ2v) is 13.6. The SMILES string of the molecule is CC/C=C\C/C=C\C/C=C\C/C=C\C/C=C\CCCCCC(=O)OC(CO)COP(=O)(O)OCC(CO)OC(=O)CCCCCCCCCC. The van der Waals surface area contributed by atoms with Gasteiger partial charge in [0, 0.05) is 12.8 Å². The van der Waals surface area contributed by atoms with Crippen LogP contribution in [-0.4, -0.2) is 65.7 Å². The Balaban J connectivity index is 4.04. The first-order valence-corrected chi connectivity index (χ1v) is 20.2. The molecule has 10 nitrogen and oxygen atoms in total. The van der Waals surface area contributed by atoms with Gasteiger partial charge in [-0.3, -0.25) is 18.6 Å². The maximum atomic E-state index is 12.3. The summed E-state index contributed by atoms with van der Waals surface area (Å²) in [4.78, 5) is 34.2. The minimum Gasteiger partial charge on any atom is -0.457 e. The van der Waals surface area contributed by atoms with Crippen molar-refractivity contribution in [1.82, 2.24) is 0 Å². The van der Waals surface area contributed by atoms with Crippen molar-refractivity contribution in [3.8, 4) is 0 Å². The highest BCUT2D eigenvalue weighted by molar-refractivity contribution is 7.47. The van der Waals surface area contributed by atoms with Gasteiger partial charge in [0.2, 0.25) is 0 Å². The fraction of sp³-hybridized carbons (Fsp3) is 0.692. The van der Waals surface area contributed by atoms with Crippen molar-refractivity contribution < 1.29 is 47.8 Å². The molecule has 0 bridgehead atoms. The maximum absolute atomic E-state index is 12.3. The van der Waals surface area contributed by atoms with Crippen molar-refractivity contribution >= 4 is 19.8 Å². The normalized spacial score (nSPS) is 14.7. The molecule has 3 unspecified atom stereocenters. The van der Waals surface area contributed by atoms with E-state index >= 15 is 0 Å². The highest BCUT2D eigenvalue weighted by Crippen LogP contribution is 2.43. The van der Waals surface area contributed by atoms with Gasteiger partial charge < -0.3 is 24.6 Å². The highest BCUT2D eigenvalue weighted by atomic mass is 31.2. The van der Waals surface area contributed by atoms with E-state index in [-0.39, 0.29) is 12.8 Å². The molecule has 0 spiro atoms. The number of carbonyl (C=O) groups is 2. The van der Waals surface area contributed by atoms with Crippen LogP contribution in [0.25, 0.3) is 0 Å². The molecule has 0 aromatic heterocycles. The zero-order valence-electron chi connectivity index (χ0n) is 30.8. The van der Waals surface area contributed by atoms with E-state index < -0.39 is 58.4 Å². The van der Waals surface area contributed by atoms with Gasteiger partial charge in [-0.05, 0) is 57.8 Å². The van der Waals surface area contributed by atoms with Gasteiger partial charge >= 0.3 is 19.8 Å². The van der Waals surface area contributed by atoms with Crippen LogP contribution in [0.5, 0.6) is 0 Å². The van der Waals surface area contributed by atoms with Gasteiger partial charge in [-0.1, -0.05) is 126 Å². The van der Waals surface area contributed by atoms with Crippen molar-refractivity contribution in [3.05, 3.63) is 60.8 Å². The van der Waals surface area contributed by atoms with Gasteiger partial charge in [0.15, 0.2) is 0 Å². The van der Waals surface area contributed by atoms with E-state index in [0.717, 1.165) is 70.6 Å². The lowest BCUT2D eigenvalue weighted by Gasteiger charge is -2.20. The smallest absolute Gasteiger partial charge is 0.457 e. The zero-order valence-corrected chi connectivity index (χ0v) is 31.7. The second-order valence-electron chi connectivity index (χ2n) is 12.2. The standard InChI is InChI=1S/C39H67O10P/c1-3-5-7-9-11-13-14-15-16-17-18-19-20-21-22-23-25-27-29-31-39(43)49-37(33-41)35-47-50(44,45)46-34-36(32-40)48-38(42)30-28-26-24-12-10-8-6-4-2/h5,7,11,13,15-16,18-19,21-22,36-37,40-41H,3-4,6,8-10,12,14,17,20,23-35H2,1-2H3,(H,44,45)/b7-5-,13-11-,16-15-,19-18-,22-21-. The zero-order chi connectivity index (χ0) is 37.0. The summed E-state index contributed by atoms with van der Waals surface area (Å²) in [7, 11) is -4.64. The first-order chi connectivity index (χ1) is 24.3. The number of aliphatic hydroxyl groups excluding tert-OH is 2. The number of aliphatic hydroxyl groups is 2. The molecule has 288 valence electrons.